The first-order valence-electron chi connectivity index (χ1n) is 8.95. The lowest BCUT2D eigenvalue weighted by Gasteiger charge is -2.49. The lowest BCUT2D eigenvalue weighted by Crippen LogP contribution is -2.71. The quantitative estimate of drug-likeness (QED) is 0.152. The predicted octanol–water partition coefficient (Wildman–Crippen LogP) is 0.818. The number of thiazole rings is 1. The Kier molecular flexibility index (Phi) is 7.18. The van der Waals surface area contributed by atoms with Gasteiger partial charge in [-0.05, 0) is 19.4 Å². The van der Waals surface area contributed by atoms with Gasteiger partial charge in [0.2, 0.25) is 6.41 Å². The van der Waals surface area contributed by atoms with Gasteiger partial charge in [0.25, 0.3) is 11.8 Å². The number of aromatic nitrogens is 1. The summed E-state index contributed by atoms with van der Waals surface area (Å²) in [6, 6.07) is -0.945. The zero-order valence-electron chi connectivity index (χ0n) is 16.3. The van der Waals surface area contributed by atoms with Crippen LogP contribution in [-0.4, -0.2) is 74.0 Å². The molecule has 3 rings (SSSR count). The molecule has 2 atom stereocenters. The van der Waals surface area contributed by atoms with Crippen molar-refractivity contribution in [2.45, 2.75) is 31.4 Å². The Hall–Kier alpha value is -2.64. The Bertz CT molecular complexity index is 978. The minimum Gasteiger partial charge on any atom is -0.477 e. The van der Waals surface area contributed by atoms with Gasteiger partial charge in [0, 0.05) is 17.0 Å². The zero-order valence-corrected chi connectivity index (χ0v) is 18.7. The van der Waals surface area contributed by atoms with Crippen LogP contribution in [-0.2, 0) is 24.0 Å². The van der Waals surface area contributed by atoms with Gasteiger partial charge in [-0.1, -0.05) is 5.16 Å². The largest absolute Gasteiger partial charge is 0.477 e. The van der Waals surface area contributed by atoms with E-state index in [1.807, 2.05) is 0 Å². The van der Waals surface area contributed by atoms with Gasteiger partial charge >= 0.3 is 5.97 Å². The number of oxime groups is 1. The third-order valence-corrected chi connectivity index (χ3v) is 6.63. The van der Waals surface area contributed by atoms with E-state index in [1.165, 1.54) is 17.1 Å². The molecule has 1 aromatic rings. The van der Waals surface area contributed by atoms with Gasteiger partial charge in [0.15, 0.2) is 10.8 Å². The van der Waals surface area contributed by atoms with E-state index in [0.29, 0.717) is 17.7 Å². The molecule has 2 aliphatic rings. The first-order valence-corrected chi connectivity index (χ1v) is 11.4. The van der Waals surface area contributed by atoms with Crippen LogP contribution in [0.15, 0.2) is 21.8 Å². The Labute approximate surface area is 189 Å². The predicted molar refractivity (Wildman–Crippen MR) is 115 cm³/mol. The Morgan fingerprint density at radius 2 is 2.26 bits per heavy atom. The van der Waals surface area contributed by atoms with Crippen molar-refractivity contribution in [2.24, 2.45) is 5.16 Å². The highest BCUT2D eigenvalue weighted by Gasteiger charge is 2.54. The zero-order chi connectivity index (χ0) is 22.7. The lowest BCUT2D eigenvalue weighted by atomic mass is 10.0. The molecular formula is C17H18ClN5O6S2. The fraction of sp³-hybridized carbons (Fsp3) is 0.412. The van der Waals surface area contributed by atoms with Crippen LogP contribution in [0.4, 0.5) is 5.13 Å². The van der Waals surface area contributed by atoms with Crippen molar-refractivity contribution in [1.82, 2.24) is 15.2 Å². The normalized spacial score (nSPS) is 20.8. The van der Waals surface area contributed by atoms with E-state index in [4.69, 9.17) is 16.4 Å². The number of carbonyl (C=O) groups excluding carboxylic acids is 3. The summed E-state index contributed by atoms with van der Waals surface area (Å²) in [4.78, 5) is 58.2. The lowest BCUT2D eigenvalue weighted by molar-refractivity contribution is -0.150. The smallest absolute Gasteiger partial charge is 0.352 e. The fourth-order valence-electron chi connectivity index (χ4n) is 2.86. The van der Waals surface area contributed by atoms with Crippen molar-refractivity contribution >= 4 is 69.7 Å². The minimum absolute atomic E-state index is 0.00745. The Morgan fingerprint density at radius 1 is 1.52 bits per heavy atom. The number of carboxylic acids is 1. The first kappa shape index (κ1) is 23.0. The summed E-state index contributed by atoms with van der Waals surface area (Å²) >= 11 is 8.21. The number of rotatable bonds is 9. The highest BCUT2D eigenvalue weighted by atomic mass is 35.5. The summed E-state index contributed by atoms with van der Waals surface area (Å²) in [6.07, 6.45) is 0.135. The van der Waals surface area contributed by atoms with Crippen LogP contribution in [0.5, 0.6) is 0 Å². The number of nitrogens with one attached hydrogen (secondary N) is 2. The van der Waals surface area contributed by atoms with Crippen LogP contribution in [0, 0.1) is 0 Å². The van der Waals surface area contributed by atoms with Crippen molar-refractivity contribution in [2.75, 3.05) is 16.9 Å². The number of β-lactam (4-membered cyclic amide) rings is 1. The molecule has 0 aromatic carbocycles. The van der Waals surface area contributed by atoms with Crippen molar-refractivity contribution in [3.63, 3.8) is 0 Å². The second kappa shape index (κ2) is 9.66. The first-order chi connectivity index (χ1) is 14.8. The third-order valence-electron chi connectivity index (χ3n) is 4.20. The molecule has 0 saturated carbocycles. The molecule has 14 heteroatoms. The van der Waals surface area contributed by atoms with E-state index in [2.05, 4.69) is 20.8 Å². The second-order valence-corrected chi connectivity index (χ2v) is 8.88. The molecule has 2 aliphatic heterocycles. The molecule has 0 spiro atoms. The molecule has 1 aromatic heterocycles. The van der Waals surface area contributed by atoms with Crippen LogP contribution >= 0.6 is 34.7 Å². The number of alkyl halides is 1. The minimum atomic E-state index is -1.25. The number of hydrogen-bond donors (Lipinski definition) is 3. The second-order valence-electron chi connectivity index (χ2n) is 6.65. The van der Waals surface area contributed by atoms with E-state index in [0.717, 1.165) is 16.2 Å². The number of hydrogen-bond acceptors (Lipinski definition) is 9. The third kappa shape index (κ3) is 4.67. The van der Waals surface area contributed by atoms with Gasteiger partial charge in [-0.15, -0.1) is 34.7 Å². The molecule has 166 valence electrons. The Balaban J connectivity index is 1.80. The molecule has 0 radical (unpaired) electrons. The van der Waals surface area contributed by atoms with Crippen LogP contribution in [0.3, 0.4) is 0 Å². The van der Waals surface area contributed by atoms with E-state index in [9.17, 15) is 24.3 Å². The average molecular weight is 488 g/mol. The highest BCUT2D eigenvalue weighted by molar-refractivity contribution is 8.00. The number of nitrogens with zero attached hydrogens (tertiary/aromatic N) is 3. The summed E-state index contributed by atoms with van der Waals surface area (Å²) in [5.41, 5.74) is 0.281. The van der Waals surface area contributed by atoms with Crippen molar-refractivity contribution < 1.29 is 29.1 Å². The number of carboxylic acid groups (broad SMARTS) is 1. The SMILES string of the molecule is CC(C)O/N=C(/C(=O)NC1C(=O)N2C(C(=O)O)=C(CCl)CS[C@H]12)c1csc(NC=O)n1. The van der Waals surface area contributed by atoms with Crippen molar-refractivity contribution in [1.29, 1.82) is 0 Å². The summed E-state index contributed by atoms with van der Waals surface area (Å²) in [6.45, 7) is 3.44. The van der Waals surface area contributed by atoms with Gasteiger partial charge < -0.3 is 20.6 Å². The van der Waals surface area contributed by atoms with Crippen molar-refractivity contribution in [3.05, 3.63) is 22.3 Å². The van der Waals surface area contributed by atoms with Gasteiger partial charge in [-0.25, -0.2) is 9.78 Å². The number of anilines is 1. The molecule has 1 fully saturated rings. The average Bonchev–Trinajstić information content (AvgIpc) is 3.19. The number of halogens is 1. The topological polar surface area (TPSA) is 150 Å². The van der Waals surface area contributed by atoms with E-state index >= 15 is 0 Å². The van der Waals surface area contributed by atoms with Crippen LogP contribution in [0.2, 0.25) is 0 Å². The molecule has 0 aliphatic carbocycles. The maximum absolute atomic E-state index is 12.9. The monoisotopic (exact) mass is 487 g/mol. The number of amides is 3. The summed E-state index contributed by atoms with van der Waals surface area (Å²) in [7, 11) is 0. The fourth-order valence-corrected chi connectivity index (χ4v) is 5.19. The van der Waals surface area contributed by atoms with E-state index in [1.54, 1.807) is 13.8 Å². The molecule has 31 heavy (non-hydrogen) atoms. The molecule has 3 heterocycles. The van der Waals surface area contributed by atoms with Gasteiger partial charge in [-0.3, -0.25) is 19.3 Å². The molecule has 0 bridgehead atoms. The molecule has 3 N–H and O–H groups in total. The van der Waals surface area contributed by atoms with E-state index in [-0.39, 0.29) is 34.2 Å². The maximum atomic E-state index is 12.9. The number of thioether (sulfide) groups is 1. The van der Waals surface area contributed by atoms with E-state index < -0.39 is 29.2 Å². The van der Waals surface area contributed by atoms with Crippen molar-refractivity contribution in [3.8, 4) is 0 Å². The number of fused-ring (bicyclic) bond motifs is 1. The summed E-state index contributed by atoms with van der Waals surface area (Å²) in [5, 5.41) is 19.5. The maximum Gasteiger partial charge on any atom is 0.352 e. The van der Waals surface area contributed by atoms with Gasteiger partial charge in [-0.2, -0.15) is 0 Å². The van der Waals surface area contributed by atoms with Crippen LogP contribution < -0.4 is 10.6 Å². The molecule has 1 saturated heterocycles. The summed E-state index contributed by atoms with van der Waals surface area (Å²) in [5.74, 6) is -2.20. The Morgan fingerprint density at radius 3 is 2.87 bits per heavy atom. The standard InChI is InChI=1S/C17H18ClN5O6S2/c1-7(2)29-22-10(9-5-31-17(20-9)19-6-24)13(25)21-11-14(26)23-12(16(27)28)8(3-18)4-30-15(11)23/h5-7,11,15H,3-4H2,1-2H3,(H,21,25)(H,27,28)(H,19,20,24)/b22-10+/t11?,15-/m1/s1. The number of aliphatic carboxylic acids is 1. The van der Waals surface area contributed by atoms with Crippen LogP contribution in [0.1, 0.15) is 19.5 Å². The number of carbonyl (C=O) groups is 4. The molecular weight excluding hydrogens is 470 g/mol. The van der Waals surface area contributed by atoms with Crippen LogP contribution in [0.25, 0.3) is 0 Å². The molecule has 3 amide bonds. The van der Waals surface area contributed by atoms with Gasteiger partial charge in [0.1, 0.15) is 28.9 Å². The molecule has 11 nitrogen and oxygen atoms in total. The summed E-state index contributed by atoms with van der Waals surface area (Å²) < 4.78 is 0. The molecule has 1 unspecified atom stereocenters. The highest BCUT2D eigenvalue weighted by Crippen LogP contribution is 2.40. The van der Waals surface area contributed by atoms with Gasteiger partial charge in [0.05, 0.1) is 0 Å².